The summed E-state index contributed by atoms with van der Waals surface area (Å²) in [6, 6.07) is 4.59. The summed E-state index contributed by atoms with van der Waals surface area (Å²) in [4.78, 5) is 21.4. The predicted molar refractivity (Wildman–Crippen MR) is 37.0 cm³/mol. The minimum Gasteiger partial charge on any atom is -0.274 e. The lowest BCUT2D eigenvalue weighted by molar-refractivity contribution is 0.0932. The Morgan fingerprint density at radius 2 is 2.20 bits per heavy atom. The Labute approximate surface area is 57.9 Å². The van der Waals surface area contributed by atoms with Crippen LogP contribution in [0.5, 0.6) is 0 Å². The zero-order valence-electron chi connectivity index (χ0n) is 5.57. The van der Waals surface area contributed by atoms with Crippen LogP contribution >= 0.6 is 0 Å². The van der Waals surface area contributed by atoms with E-state index < -0.39 is 0 Å². The van der Waals surface area contributed by atoms with E-state index in [1.807, 2.05) is 0 Å². The van der Waals surface area contributed by atoms with Gasteiger partial charge in [-0.15, -0.1) is 0 Å². The van der Waals surface area contributed by atoms with Crippen molar-refractivity contribution in [2.24, 2.45) is 0 Å². The van der Waals surface area contributed by atoms with Gasteiger partial charge in [-0.2, -0.15) is 0 Å². The van der Waals surface area contributed by atoms with Crippen molar-refractivity contribution in [3.63, 3.8) is 0 Å². The van der Waals surface area contributed by atoms with Gasteiger partial charge in [0.25, 0.3) is 5.56 Å². The highest BCUT2D eigenvalue weighted by Gasteiger charge is 1.95. The Kier molecular flexibility index (Phi) is 1.67. The predicted octanol–water partition coefficient (Wildman–Crippen LogP) is 0.508. The van der Waals surface area contributed by atoms with Gasteiger partial charge < -0.3 is 0 Å². The van der Waals surface area contributed by atoms with Gasteiger partial charge in [-0.1, -0.05) is 6.07 Å². The van der Waals surface area contributed by atoms with Crippen molar-refractivity contribution < 1.29 is 4.79 Å². The first-order valence-corrected chi connectivity index (χ1v) is 2.90. The Morgan fingerprint density at radius 3 is 2.60 bits per heavy atom. The Morgan fingerprint density at radius 1 is 1.50 bits per heavy atom. The van der Waals surface area contributed by atoms with Crippen LogP contribution in [0.25, 0.3) is 0 Å². The van der Waals surface area contributed by atoms with Crippen LogP contribution in [0.2, 0.25) is 0 Å². The molecule has 1 heterocycles. The van der Waals surface area contributed by atoms with Gasteiger partial charge in [-0.25, -0.2) is 0 Å². The van der Waals surface area contributed by atoms with Crippen LogP contribution in [-0.2, 0) is 0 Å². The van der Waals surface area contributed by atoms with Crippen molar-refractivity contribution >= 4 is 5.91 Å². The minimum absolute atomic E-state index is 0.259. The molecule has 52 valence electrons. The molecule has 0 spiro atoms. The van der Waals surface area contributed by atoms with E-state index in [0.717, 1.165) is 4.57 Å². The lowest BCUT2D eigenvalue weighted by Gasteiger charge is -1.95. The maximum atomic E-state index is 10.8. The first-order chi connectivity index (χ1) is 4.72. The van der Waals surface area contributed by atoms with Gasteiger partial charge in [0.15, 0.2) is 0 Å². The van der Waals surface area contributed by atoms with Gasteiger partial charge in [-0.3, -0.25) is 14.2 Å². The van der Waals surface area contributed by atoms with E-state index in [-0.39, 0.29) is 11.5 Å². The third kappa shape index (κ3) is 1.13. The first-order valence-electron chi connectivity index (χ1n) is 2.90. The summed E-state index contributed by atoms with van der Waals surface area (Å²) >= 11 is 0. The molecule has 1 aromatic rings. The van der Waals surface area contributed by atoms with E-state index in [0.29, 0.717) is 0 Å². The number of hydrogen-bond acceptors (Lipinski definition) is 2. The number of hydrogen-bond donors (Lipinski definition) is 0. The lowest BCUT2D eigenvalue weighted by Crippen LogP contribution is -2.22. The summed E-state index contributed by atoms with van der Waals surface area (Å²) in [5.41, 5.74) is -0.282. The van der Waals surface area contributed by atoms with Gasteiger partial charge in [0.1, 0.15) is 0 Å². The summed E-state index contributed by atoms with van der Waals surface area (Å²) in [5.74, 6) is -0.259. The lowest BCUT2D eigenvalue weighted by atomic mass is 10.5. The van der Waals surface area contributed by atoms with Gasteiger partial charge in [-0.05, 0) is 6.07 Å². The molecule has 3 nitrogen and oxygen atoms in total. The molecule has 0 N–H and O–H groups in total. The van der Waals surface area contributed by atoms with Gasteiger partial charge in [0.2, 0.25) is 5.91 Å². The summed E-state index contributed by atoms with van der Waals surface area (Å²) in [5, 5.41) is 0. The number of pyridine rings is 1. The molecule has 0 bridgehead atoms. The van der Waals surface area contributed by atoms with Crippen LogP contribution in [0.4, 0.5) is 0 Å². The van der Waals surface area contributed by atoms with Crippen molar-refractivity contribution in [3.05, 3.63) is 34.7 Å². The fourth-order valence-electron chi connectivity index (χ4n) is 0.688. The molecule has 0 unspecified atom stereocenters. The van der Waals surface area contributed by atoms with E-state index in [2.05, 4.69) is 0 Å². The molecule has 0 aromatic carbocycles. The van der Waals surface area contributed by atoms with Gasteiger partial charge in [0, 0.05) is 19.2 Å². The molecule has 0 fully saturated rings. The molecule has 10 heavy (non-hydrogen) atoms. The van der Waals surface area contributed by atoms with E-state index in [1.54, 1.807) is 12.1 Å². The van der Waals surface area contributed by atoms with Crippen LogP contribution in [0, 0.1) is 0 Å². The fourth-order valence-corrected chi connectivity index (χ4v) is 0.688. The van der Waals surface area contributed by atoms with Crippen LogP contribution in [-0.4, -0.2) is 10.5 Å². The quantitative estimate of drug-likeness (QED) is 0.522. The molecule has 3 heteroatoms. The normalized spacial score (nSPS) is 9.30. The fraction of sp³-hybridized carbons (Fsp3) is 0.143. The molecule has 0 aliphatic carbocycles. The molecule has 0 radical (unpaired) electrons. The first kappa shape index (κ1) is 6.74. The monoisotopic (exact) mass is 137 g/mol. The highest BCUT2D eigenvalue weighted by atomic mass is 16.2. The van der Waals surface area contributed by atoms with Crippen molar-refractivity contribution in [2.45, 2.75) is 6.92 Å². The Bertz CT molecular complexity index is 300. The number of nitrogens with zero attached hydrogens (tertiary/aromatic N) is 1. The highest BCUT2D eigenvalue weighted by molar-refractivity contribution is 5.75. The molecule has 0 amide bonds. The Hall–Kier alpha value is -1.38. The Balaban J connectivity index is 3.29. The number of rotatable bonds is 0. The zero-order valence-corrected chi connectivity index (χ0v) is 5.57. The smallest absolute Gasteiger partial charge is 0.257 e. The molecule has 0 atom stereocenters. The van der Waals surface area contributed by atoms with E-state index >= 15 is 0 Å². The van der Waals surface area contributed by atoms with Crippen LogP contribution in [0.3, 0.4) is 0 Å². The number of carbonyl (C=O) groups excluding carboxylic acids is 1. The second-order valence-electron chi connectivity index (χ2n) is 1.93. The minimum atomic E-state index is -0.282. The van der Waals surface area contributed by atoms with Crippen molar-refractivity contribution in [1.29, 1.82) is 0 Å². The topological polar surface area (TPSA) is 39.1 Å². The van der Waals surface area contributed by atoms with Crippen molar-refractivity contribution in [1.82, 2.24) is 4.57 Å². The molecule has 1 rings (SSSR count). The highest BCUT2D eigenvalue weighted by Crippen LogP contribution is 1.79. The second-order valence-corrected chi connectivity index (χ2v) is 1.93. The summed E-state index contributed by atoms with van der Waals surface area (Å²) in [7, 11) is 0. The SMILES string of the molecule is CC(=O)n1ccccc1=O. The van der Waals surface area contributed by atoms with E-state index in [1.165, 1.54) is 19.2 Å². The standard InChI is InChI=1S/C7H7NO2/c1-6(9)8-5-3-2-4-7(8)10/h2-5H,1H3. The third-order valence-electron chi connectivity index (χ3n) is 1.16. The van der Waals surface area contributed by atoms with Crippen molar-refractivity contribution in [3.8, 4) is 0 Å². The summed E-state index contributed by atoms with van der Waals surface area (Å²) < 4.78 is 1.06. The largest absolute Gasteiger partial charge is 0.274 e. The van der Waals surface area contributed by atoms with Crippen LogP contribution in [0.15, 0.2) is 29.2 Å². The van der Waals surface area contributed by atoms with Crippen molar-refractivity contribution in [2.75, 3.05) is 0 Å². The van der Waals surface area contributed by atoms with Crippen LogP contribution < -0.4 is 5.56 Å². The number of carbonyl (C=O) groups is 1. The van der Waals surface area contributed by atoms with E-state index in [4.69, 9.17) is 0 Å². The molecular formula is C7H7NO2. The maximum absolute atomic E-state index is 10.8. The molecule has 0 aliphatic heterocycles. The van der Waals surface area contributed by atoms with Gasteiger partial charge >= 0.3 is 0 Å². The molecule has 0 aliphatic rings. The average Bonchev–Trinajstić information content (AvgIpc) is 1.88. The van der Waals surface area contributed by atoms with E-state index in [9.17, 15) is 9.59 Å². The van der Waals surface area contributed by atoms with Gasteiger partial charge in [0.05, 0.1) is 0 Å². The number of aromatic nitrogens is 1. The maximum Gasteiger partial charge on any atom is 0.257 e. The molecule has 0 saturated heterocycles. The second kappa shape index (κ2) is 2.47. The molecule has 0 saturated carbocycles. The molecule has 1 aromatic heterocycles. The van der Waals surface area contributed by atoms with Crippen LogP contribution in [0.1, 0.15) is 11.7 Å². The summed E-state index contributed by atoms with van der Waals surface area (Å²) in [6.45, 7) is 1.35. The zero-order chi connectivity index (χ0) is 7.56. The third-order valence-corrected chi connectivity index (χ3v) is 1.16. The molecular weight excluding hydrogens is 130 g/mol. The average molecular weight is 137 g/mol. The summed E-state index contributed by atoms with van der Waals surface area (Å²) in [6.07, 6.45) is 1.45.